The molecule has 0 aromatic rings. The third-order valence-electron chi connectivity index (χ3n) is 36.4. The van der Waals surface area contributed by atoms with Gasteiger partial charge in [0.05, 0.1) is 77.4 Å². The summed E-state index contributed by atoms with van der Waals surface area (Å²) in [6.45, 7) is 13.4. The summed E-state index contributed by atoms with van der Waals surface area (Å²) in [5.41, 5.74) is -1.75. The first-order valence-electron chi connectivity index (χ1n) is 45.1. The van der Waals surface area contributed by atoms with Crippen molar-refractivity contribution in [3.8, 4) is 0 Å². The summed E-state index contributed by atoms with van der Waals surface area (Å²) < 4.78 is 48.3. The number of fused-ring (bicyclic) bond motifs is 4. The Morgan fingerprint density at radius 2 is 0.588 bits per heavy atom. The molecule has 28 aliphatic rings. The van der Waals surface area contributed by atoms with Crippen LogP contribution in [0.3, 0.4) is 0 Å². The van der Waals surface area contributed by atoms with Gasteiger partial charge >= 0.3 is 65.7 Å². The Balaban J connectivity index is 0.0000000974. The highest BCUT2D eigenvalue weighted by Gasteiger charge is 2.73. The lowest BCUT2D eigenvalue weighted by Crippen LogP contribution is -2.58. The second kappa shape index (κ2) is 30.7. The van der Waals surface area contributed by atoms with Crippen LogP contribution in [0.5, 0.6) is 0 Å². The quantitative estimate of drug-likeness (QED) is 0.0578. The highest BCUT2D eigenvalue weighted by atomic mass is 35.5. The van der Waals surface area contributed by atoms with E-state index in [-0.39, 0.29) is 99.8 Å². The molecule has 28 fully saturated rings. The standard InChI is InChI=1S/C22H28O7.2C13H19ClO2.C13H18O5.C11H18O.2C9H10O5/c1-22(11-3-9-2-10(5-11)6-12(22)4-9)29-15(23)8-27-20(25)16-13-7-14-17(16)21(26)28-19(14)18(13)24;2*1-13(16-12(15)7-14)10-3-8-2-9(5-10)6-11(13)4-8;1-13(2,3)18-12(16)7-5-4-6-8(7)11(15)17-10(6)9(5)14;1-11(12)9-3-7-2-8(5-9)6-10(11)4-7;2*10-6-2-1-3-5(4(2)8(11)12)9(13)14-7(3)6/h9-14,16-19,24H,2-8H2,1H3;2*8-11H,2-7H2,1H3;5-10,14H,4H2,1-3H3;7-10,12H,2-6H2,1H3;2*2-7,10H,1H2,(H,11,12). The molecule has 24 unspecified atom stereocenters. The van der Waals surface area contributed by atoms with Crippen LogP contribution in [0, 0.1) is 189 Å². The topological polar surface area (TPSA) is 412 Å². The van der Waals surface area contributed by atoms with Gasteiger partial charge in [-0.3, -0.25) is 47.9 Å². The summed E-state index contributed by atoms with van der Waals surface area (Å²) >= 11 is 11.1. The van der Waals surface area contributed by atoms with Gasteiger partial charge in [-0.25, -0.2) is 4.79 Å². The van der Waals surface area contributed by atoms with Crippen LogP contribution in [0.1, 0.15) is 203 Å². The number of aliphatic carboxylic acids is 2. The van der Waals surface area contributed by atoms with Gasteiger partial charge in [-0.15, -0.1) is 23.2 Å². The van der Waals surface area contributed by atoms with E-state index in [2.05, 4.69) is 27.7 Å². The first-order valence-corrected chi connectivity index (χ1v) is 46.2. The minimum Gasteiger partial charge on any atom is -0.481 e. The van der Waals surface area contributed by atoms with Crippen molar-refractivity contribution in [2.75, 3.05) is 18.4 Å². The average molecular weight is 1710 g/mol. The number of carboxylic acids is 2. The number of halogens is 2. The second-order valence-electron chi connectivity index (χ2n) is 43.5. The summed E-state index contributed by atoms with van der Waals surface area (Å²) in [4.78, 5) is 129. The van der Waals surface area contributed by atoms with Gasteiger partial charge in [0.25, 0.3) is 0 Å². The number of carbonyl (C=O) groups is 11. The molecule has 0 amide bonds. The van der Waals surface area contributed by atoms with Crippen molar-refractivity contribution >= 4 is 88.9 Å². The Morgan fingerprint density at radius 3 is 0.840 bits per heavy atom. The summed E-state index contributed by atoms with van der Waals surface area (Å²) in [5.74, 6) is -0.0113. The summed E-state index contributed by atoms with van der Waals surface area (Å²) in [5, 5.41) is 68.0. The first-order chi connectivity index (χ1) is 56.2. The van der Waals surface area contributed by atoms with Gasteiger partial charge in [-0.2, -0.15) is 0 Å². The van der Waals surface area contributed by atoms with Crippen molar-refractivity contribution in [1.29, 1.82) is 0 Å². The van der Waals surface area contributed by atoms with Gasteiger partial charge in [0.15, 0.2) is 6.61 Å². The molecule has 24 bridgehead atoms. The zero-order valence-corrected chi connectivity index (χ0v) is 70.7. The predicted octanol–water partition coefficient (Wildman–Crippen LogP) is 8.59. The number of aliphatic hydroxyl groups is 5. The van der Waals surface area contributed by atoms with Crippen LogP contribution in [-0.4, -0.2) is 197 Å². The minimum atomic E-state index is -0.987. The molecule has 27 nitrogen and oxygen atoms in total. The van der Waals surface area contributed by atoms with Crippen LogP contribution < -0.4 is 0 Å². The summed E-state index contributed by atoms with van der Waals surface area (Å²) in [7, 11) is 0. The number of carboxylic acid groups (broad SMARTS) is 2. The fourth-order valence-corrected chi connectivity index (χ4v) is 31.9. The van der Waals surface area contributed by atoms with Crippen LogP contribution in [0.15, 0.2) is 0 Å². The van der Waals surface area contributed by atoms with E-state index in [1.165, 1.54) is 103 Å². The molecule has 24 aliphatic carbocycles. The molecule has 24 atom stereocenters. The Hall–Kier alpha value is -5.45. The molecule has 28 rings (SSSR count). The maximum Gasteiger partial charge on any atom is 0.344 e. The molecule has 0 radical (unpaired) electrons. The number of ether oxygens (including phenoxy) is 9. The van der Waals surface area contributed by atoms with E-state index < -0.39 is 156 Å². The van der Waals surface area contributed by atoms with Crippen molar-refractivity contribution in [3.63, 3.8) is 0 Å². The van der Waals surface area contributed by atoms with E-state index in [0.29, 0.717) is 73.0 Å². The van der Waals surface area contributed by atoms with Crippen LogP contribution in [0.4, 0.5) is 0 Å². The summed E-state index contributed by atoms with van der Waals surface area (Å²) in [6, 6.07) is 0. The maximum absolute atomic E-state index is 12.7. The molecule has 4 saturated heterocycles. The highest BCUT2D eigenvalue weighted by molar-refractivity contribution is 6.26. The summed E-state index contributed by atoms with van der Waals surface area (Å²) in [6.07, 6.45) is 23.2. The lowest BCUT2D eigenvalue weighted by Gasteiger charge is -2.59. The number of alkyl halides is 2. The lowest BCUT2D eigenvalue weighted by molar-refractivity contribution is -0.208. The molecule has 0 aromatic carbocycles. The largest absolute Gasteiger partial charge is 0.481 e. The Labute approximate surface area is 703 Å². The third kappa shape index (κ3) is 14.2. The number of esters is 9. The molecule has 119 heavy (non-hydrogen) atoms. The molecule has 7 N–H and O–H groups in total. The fourth-order valence-electron chi connectivity index (χ4n) is 31.8. The van der Waals surface area contributed by atoms with Gasteiger partial charge in [-0.1, -0.05) is 0 Å². The van der Waals surface area contributed by atoms with Crippen molar-refractivity contribution in [2.45, 2.75) is 279 Å². The molecule has 24 saturated carbocycles. The van der Waals surface area contributed by atoms with Gasteiger partial charge < -0.3 is 78.4 Å². The van der Waals surface area contributed by atoms with Gasteiger partial charge in [0.1, 0.15) is 58.6 Å². The van der Waals surface area contributed by atoms with Crippen molar-refractivity contribution in [2.24, 2.45) is 189 Å². The smallest absolute Gasteiger partial charge is 0.344 e. The molecular weight excluding hydrogens is 1580 g/mol. The molecule has 4 aliphatic heterocycles. The third-order valence-corrected chi connectivity index (χ3v) is 36.9. The molecule has 0 aromatic heterocycles. The van der Waals surface area contributed by atoms with E-state index in [4.69, 9.17) is 76.0 Å². The van der Waals surface area contributed by atoms with Crippen molar-refractivity contribution in [3.05, 3.63) is 0 Å². The van der Waals surface area contributed by atoms with Crippen molar-refractivity contribution in [1.82, 2.24) is 0 Å². The average Bonchev–Trinajstić information content (AvgIpc) is 1.54. The highest BCUT2D eigenvalue weighted by Crippen LogP contribution is 2.66. The normalized spacial score (nSPS) is 52.0. The lowest BCUT2D eigenvalue weighted by atomic mass is 9.50. The number of aliphatic hydroxyl groups excluding tert-OH is 4. The monoisotopic (exact) mass is 1700 g/mol. The van der Waals surface area contributed by atoms with Gasteiger partial charge in [0.2, 0.25) is 0 Å². The Kier molecular flexibility index (Phi) is 21.8. The van der Waals surface area contributed by atoms with Crippen molar-refractivity contribution < 1.29 is 131 Å². The zero-order valence-electron chi connectivity index (χ0n) is 69.2. The van der Waals surface area contributed by atoms with Gasteiger partial charge in [-0.05, 0) is 297 Å². The number of rotatable bonds is 11. The van der Waals surface area contributed by atoms with Gasteiger partial charge in [0, 0.05) is 47.3 Å². The van der Waals surface area contributed by atoms with Crippen LogP contribution in [0.25, 0.3) is 0 Å². The van der Waals surface area contributed by atoms with Crippen LogP contribution in [0.2, 0.25) is 0 Å². The SMILES string of the molecule is CC(C)(C)OC(=O)C1C2CC3C(OC(=O)C31)C2O.CC1(O)C2CC3CC(C2)CC1C3.CC1(OC(=O)CCl)C2CC3CC(C2)CC1C3.CC1(OC(=O)CCl)C2CC3CC(C2)CC1C3.CC1(OC(=O)COC(=O)C2C3CC4C(OC(=O)C42)C3O)C2CC3CC(C2)CC1C3.O=C(O)C1C2CC3C(OC(=O)C31)C2O.O=C(O)C1C2CC3C(OC(=O)C31)C2O. The molecular formula is C90H122Cl2O27. The fraction of sp³-hybridized carbons (Fsp3) is 0.878. The van der Waals surface area contributed by atoms with Crippen LogP contribution in [-0.2, 0) is 95.4 Å². The number of hydrogen-bond donors (Lipinski definition) is 7. The minimum absolute atomic E-state index is 0.00461. The number of hydrogen-bond acceptors (Lipinski definition) is 25. The van der Waals surface area contributed by atoms with E-state index >= 15 is 0 Å². The predicted molar refractivity (Wildman–Crippen MR) is 414 cm³/mol. The number of carbonyl (C=O) groups excluding carboxylic acids is 9. The zero-order chi connectivity index (χ0) is 84.4. The molecule has 658 valence electrons. The Morgan fingerprint density at radius 1 is 0.353 bits per heavy atom. The van der Waals surface area contributed by atoms with E-state index in [1.54, 1.807) is 20.8 Å². The van der Waals surface area contributed by atoms with E-state index in [0.717, 1.165) is 73.0 Å². The van der Waals surface area contributed by atoms with Crippen LogP contribution >= 0.6 is 23.2 Å². The Bertz CT molecular complexity index is 3810. The van der Waals surface area contributed by atoms with E-state index in [9.17, 15) is 78.3 Å². The second-order valence-corrected chi connectivity index (χ2v) is 44.1. The maximum atomic E-state index is 12.7. The first kappa shape index (κ1) is 84.4. The molecule has 29 heteroatoms. The molecule has 4 heterocycles. The van der Waals surface area contributed by atoms with E-state index in [1.807, 2.05) is 0 Å². The molecule has 0 spiro atoms.